The summed E-state index contributed by atoms with van der Waals surface area (Å²) in [7, 11) is 0. The van der Waals surface area contributed by atoms with Crippen molar-refractivity contribution in [2.24, 2.45) is 0 Å². The Hall–Kier alpha value is -0.0400. The fourth-order valence-corrected chi connectivity index (χ4v) is 1.70. The van der Waals surface area contributed by atoms with Gasteiger partial charge in [0.15, 0.2) is 0 Å². The molecule has 3 nitrogen and oxygen atoms in total. The van der Waals surface area contributed by atoms with Crippen molar-refractivity contribution >= 4 is 52.5 Å². The minimum atomic E-state index is -0.0868. The summed E-state index contributed by atoms with van der Waals surface area (Å²) in [5, 5.41) is 6.56. The molecule has 0 bridgehead atoms. The molecule has 1 aromatic carbocycles. The molecule has 0 spiro atoms. The molecule has 0 aromatic heterocycles. The normalized spacial score (nSPS) is 9.59. The lowest BCUT2D eigenvalue weighted by molar-refractivity contribution is 0.0954. The molecule has 0 heterocycles. The molecule has 0 aliphatic heterocycles. The molecule has 0 unspecified atom stereocenters. The monoisotopic (exact) mass is 388 g/mol. The van der Waals surface area contributed by atoms with Crippen molar-refractivity contribution in [2.75, 3.05) is 19.6 Å². The minimum Gasteiger partial charge on any atom is -0.351 e. The van der Waals surface area contributed by atoms with Gasteiger partial charge in [0.05, 0.1) is 5.02 Å². The number of benzene rings is 1. The quantitative estimate of drug-likeness (QED) is 0.601. The van der Waals surface area contributed by atoms with E-state index in [1.807, 2.05) is 13.0 Å². The number of amides is 1. The number of hydrogen-bond acceptors (Lipinski definition) is 2. The van der Waals surface area contributed by atoms with Gasteiger partial charge in [-0.05, 0) is 47.3 Å². The average Bonchev–Trinajstić information content (AvgIpc) is 2.28. The third-order valence-corrected chi connectivity index (χ3v) is 3.59. The van der Waals surface area contributed by atoms with Crippen LogP contribution in [0.3, 0.4) is 0 Å². The summed E-state index contributed by atoms with van der Waals surface area (Å²) in [6.45, 7) is 4.34. The Kier molecular flexibility index (Phi) is 8.94. The van der Waals surface area contributed by atoms with E-state index in [-0.39, 0.29) is 18.3 Å². The largest absolute Gasteiger partial charge is 0.351 e. The highest BCUT2D eigenvalue weighted by Gasteiger charge is 2.06. The van der Waals surface area contributed by atoms with Gasteiger partial charge in [-0.2, -0.15) is 0 Å². The Bertz CT molecular complexity index is 374. The van der Waals surface area contributed by atoms with Gasteiger partial charge in [0, 0.05) is 22.2 Å². The van der Waals surface area contributed by atoms with E-state index in [1.54, 1.807) is 12.1 Å². The SMILES string of the molecule is CCNCCNC(=O)c1ccc(I)c(Cl)c1.Cl. The first kappa shape index (κ1) is 17.0. The summed E-state index contributed by atoms with van der Waals surface area (Å²) in [6, 6.07) is 5.30. The predicted octanol–water partition coefficient (Wildman–Crippen LogP) is 2.71. The molecule has 6 heteroatoms. The highest BCUT2D eigenvalue weighted by atomic mass is 127. The van der Waals surface area contributed by atoms with E-state index >= 15 is 0 Å². The van der Waals surface area contributed by atoms with Crippen molar-refractivity contribution in [3.05, 3.63) is 32.4 Å². The number of likely N-dealkylation sites (N-methyl/N-ethyl adjacent to an activating group) is 1. The third kappa shape index (κ3) is 5.90. The second-order valence-electron chi connectivity index (χ2n) is 3.24. The third-order valence-electron chi connectivity index (χ3n) is 2.02. The molecular formula is C11H15Cl2IN2O. The van der Waals surface area contributed by atoms with E-state index < -0.39 is 0 Å². The molecule has 0 saturated carbocycles. The van der Waals surface area contributed by atoms with Crippen LogP contribution in [-0.2, 0) is 0 Å². The first-order valence-corrected chi connectivity index (χ1v) is 6.54. The van der Waals surface area contributed by atoms with Crippen LogP contribution < -0.4 is 10.6 Å². The van der Waals surface area contributed by atoms with Gasteiger partial charge in [0.1, 0.15) is 0 Å². The average molecular weight is 389 g/mol. The van der Waals surface area contributed by atoms with E-state index in [1.165, 1.54) is 0 Å². The van der Waals surface area contributed by atoms with Gasteiger partial charge in [-0.25, -0.2) is 0 Å². The number of nitrogens with one attached hydrogen (secondary N) is 2. The van der Waals surface area contributed by atoms with Crippen LogP contribution in [0.1, 0.15) is 17.3 Å². The first-order chi connectivity index (χ1) is 7.65. The Morgan fingerprint density at radius 2 is 2.12 bits per heavy atom. The Balaban J connectivity index is 0.00000256. The molecule has 0 radical (unpaired) electrons. The number of hydrogen-bond donors (Lipinski definition) is 2. The van der Waals surface area contributed by atoms with Crippen LogP contribution in [0.25, 0.3) is 0 Å². The van der Waals surface area contributed by atoms with E-state index in [0.29, 0.717) is 17.1 Å². The topological polar surface area (TPSA) is 41.1 Å². The van der Waals surface area contributed by atoms with Crippen LogP contribution in [-0.4, -0.2) is 25.5 Å². The van der Waals surface area contributed by atoms with Crippen molar-refractivity contribution in [1.82, 2.24) is 10.6 Å². The molecule has 2 N–H and O–H groups in total. The highest BCUT2D eigenvalue weighted by molar-refractivity contribution is 14.1. The molecular weight excluding hydrogens is 374 g/mol. The van der Waals surface area contributed by atoms with Crippen molar-refractivity contribution < 1.29 is 4.79 Å². The molecule has 96 valence electrons. The van der Waals surface area contributed by atoms with Crippen molar-refractivity contribution in [3.63, 3.8) is 0 Å². The van der Waals surface area contributed by atoms with Gasteiger partial charge < -0.3 is 10.6 Å². The van der Waals surface area contributed by atoms with Crippen LogP contribution in [0.2, 0.25) is 5.02 Å². The zero-order chi connectivity index (χ0) is 12.0. The summed E-state index contributed by atoms with van der Waals surface area (Å²) >= 11 is 8.07. The lowest BCUT2D eigenvalue weighted by atomic mass is 10.2. The molecule has 0 saturated heterocycles. The summed E-state index contributed by atoms with van der Waals surface area (Å²) in [5.41, 5.74) is 0.599. The van der Waals surface area contributed by atoms with Crippen LogP contribution >= 0.6 is 46.6 Å². The zero-order valence-corrected chi connectivity index (χ0v) is 13.2. The van der Waals surface area contributed by atoms with Gasteiger partial charge in [0.2, 0.25) is 0 Å². The first-order valence-electron chi connectivity index (χ1n) is 5.09. The highest BCUT2D eigenvalue weighted by Crippen LogP contribution is 2.19. The molecule has 0 fully saturated rings. The fraction of sp³-hybridized carbons (Fsp3) is 0.364. The molecule has 17 heavy (non-hydrogen) atoms. The van der Waals surface area contributed by atoms with Crippen LogP contribution in [0, 0.1) is 3.57 Å². The number of carbonyl (C=O) groups excluding carboxylic acids is 1. The van der Waals surface area contributed by atoms with Crippen LogP contribution in [0.5, 0.6) is 0 Å². The number of halogens is 3. The second kappa shape index (κ2) is 8.97. The minimum absolute atomic E-state index is 0. The molecule has 0 aliphatic rings. The van der Waals surface area contributed by atoms with Crippen molar-refractivity contribution in [1.29, 1.82) is 0 Å². The molecule has 0 aliphatic carbocycles. The van der Waals surface area contributed by atoms with Gasteiger partial charge in [-0.15, -0.1) is 12.4 Å². The summed E-state index contributed by atoms with van der Waals surface area (Å²) < 4.78 is 0.948. The van der Waals surface area contributed by atoms with Crippen molar-refractivity contribution in [3.8, 4) is 0 Å². The maximum Gasteiger partial charge on any atom is 0.251 e. The summed E-state index contributed by atoms with van der Waals surface area (Å²) in [6.07, 6.45) is 0. The predicted molar refractivity (Wildman–Crippen MR) is 82.3 cm³/mol. The van der Waals surface area contributed by atoms with Gasteiger partial charge in [-0.1, -0.05) is 18.5 Å². The molecule has 1 amide bonds. The van der Waals surface area contributed by atoms with Gasteiger partial charge >= 0.3 is 0 Å². The Morgan fingerprint density at radius 3 is 2.71 bits per heavy atom. The standard InChI is InChI=1S/C11H14ClIN2O.ClH/c1-2-14-5-6-15-11(16)8-3-4-10(13)9(12)7-8;/h3-4,7,14H,2,5-6H2,1H3,(H,15,16);1H. The number of rotatable bonds is 5. The van der Waals surface area contributed by atoms with Crippen LogP contribution in [0.15, 0.2) is 18.2 Å². The Labute approximate surface area is 126 Å². The van der Waals surface area contributed by atoms with Gasteiger partial charge in [0.25, 0.3) is 5.91 Å². The van der Waals surface area contributed by atoms with Gasteiger partial charge in [-0.3, -0.25) is 4.79 Å². The van der Waals surface area contributed by atoms with E-state index in [0.717, 1.165) is 16.7 Å². The van der Waals surface area contributed by atoms with E-state index in [2.05, 4.69) is 33.2 Å². The molecule has 1 aromatic rings. The lowest BCUT2D eigenvalue weighted by Gasteiger charge is -2.06. The smallest absolute Gasteiger partial charge is 0.251 e. The van der Waals surface area contributed by atoms with Crippen LogP contribution in [0.4, 0.5) is 0 Å². The Morgan fingerprint density at radius 1 is 1.41 bits per heavy atom. The van der Waals surface area contributed by atoms with E-state index in [4.69, 9.17) is 11.6 Å². The van der Waals surface area contributed by atoms with E-state index in [9.17, 15) is 4.79 Å². The molecule has 0 atom stereocenters. The maximum absolute atomic E-state index is 11.7. The van der Waals surface area contributed by atoms with Crippen molar-refractivity contribution in [2.45, 2.75) is 6.92 Å². The fourth-order valence-electron chi connectivity index (χ4n) is 1.18. The summed E-state index contributed by atoms with van der Waals surface area (Å²) in [5.74, 6) is -0.0868. The molecule has 1 rings (SSSR count). The zero-order valence-electron chi connectivity index (χ0n) is 9.43. The second-order valence-corrected chi connectivity index (χ2v) is 4.81. The number of carbonyl (C=O) groups is 1. The maximum atomic E-state index is 11.7. The summed E-state index contributed by atoms with van der Waals surface area (Å²) in [4.78, 5) is 11.7. The lowest BCUT2D eigenvalue weighted by Crippen LogP contribution is -2.31.